The fraction of sp³-hybridized carbons (Fsp3) is 0. The summed E-state index contributed by atoms with van der Waals surface area (Å²) in [5.41, 5.74) is -0.363. The average Bonchev–Trinajstić information content (AvgIpc) is 2.34. The number of halogens is 2. The third-order valence-corrected chi connectivity index (χ3v) is 2.23. The summed E-state index contributed by atoms with van der Waals surface area (Å²) in [6.07, 6.45) is 0. The normalized spacial score (nSPS) is 10.1. The van der Waals surface area contributed by atoms with Gasteiger partial charge in [-0.15, -0.1) is 0 Å². The first kappa shape index (κ1) is 12.0. The minimum atomic E-state index is -1.35. The molecule has 3 nitrogen and oxygen atoms in total. The van der Waals surface area contributed by atoms with Crippen LogP contribution in [0.15, 0.2) is 42.5 Å². The standard InChI is InChI=1S/C13H8F2O3/c14-8-5-6-11(9(7-8)13(16)17)18-12-4-2-1-3-10(12)15/h1-7H,(H,16,17). The molecule has 2 aromatic rings. The summed E-state index contributed by atoms with van der Waals surface area (Å²) in [5, 5.41) is 8.90. The Bertz CT molecular complexity index is 597. The van der Waals surface area contributed by atoms with Crippen molar-refractivity contribution >= 4 is 5.97 Å². The lowest BCUT2D eigenvalue weighted by Gasteiger charge is -2.09. The van der Waals surface area contributed by atoms with Crippen molar-refractivity contribution in [1.29, 1.82) is 0 Å². The number of ether oxygens (including phenoxy) is 1. The number of hydrogen-bond acceptors (Lipinski definition) is 2. The van der Waals surface area contributed by atoms with Gasteiger partial charge in [-0.1, -0.05) is 12.1 Å². The van der Waals surface area contributed by atoms with Gasteiger partial charge in [-0.2, -0.15) is 0 Å². The van der Waals surface area contributed by atoms with Gasteiger partial charge in [0.05, 0.1) is 0 Å². The van der Waals surface area contributed by atoms with Crippen LogP contribution in [0.4, 0.5) is 8.78 Å². The Morgan fingerprint density at radius 3 is 2.44 bits per heavy atom. The van der Waals surface area contributed by atoms with E-state index in [1.54, 1.807) is 6.07 Å². The molecule has 0 heterocycles. The van der Waals surface area contributed by atoms with Gasteiger partial charge in [0, 0.05) is 0 Å². The van der Waals surface area contributed by atoms with Crippen LogP contribution >= 0.6 is 0 Å². The van der Waals surface area contributed by atoms with Crippen molar-refractivity contribution in [3.05, 3.63) is 59.7 Å². The lowest BCUT2D eigenvalue weighted by atomic mass is 10.2. The zero-order chi connectivity index (χ0) is 13.1. The quantitative estimate of drug-likeness (QED) is 0.907. The molecule has 0 atom stereocenters. The van der Waals surface area contributed by atoms with Crippen molar-refractivity contribution < 1.29 is 23.4 Å². The topological polar surface area (TPSA) is 46.5 Å². The number of para-hydroxylation sites is 1. The number of rotatable bonds is 3. The minimum absolute atomic E-state index is 0.117. The molecule has 0 unspecified atom stereocenters. The first-order chi connectivity index (χ1) is 8.58. The Labute approximate surface area is 101 Å². The van der Waals surface area contributed by atoms with E-state index in [-0.39, 0.29) is 17.1 Å². The largest absolute Gasteiger partial charge is 0.478 e. The Morgan fingerprint density at radius 2 is 1.78 bits per heavy atom. The van der Waals surface area contributed by atoms with Crippen molar-refractivity contribution in [2.45, 2.75) is 0 Å². The third kappa shape index (κ3) is 2.45. The highest BCUT2D eigenvalue weighted by Gasteiger charge is 2.14. The minimum Gasteiger partial charge on any atom is -0.478 e. The molecule has 5 heteroatoms. The SMILES string of the molecule is O=C(O)c1cc(F)ccc1Oc1ccccc1F. The van der Waals surface area contributed by atoms with Crippen molar-refractivity contribution in [1.82, 2.24) is 0 Å². The monoisotopic (exact) mass is 250 g/mol. The number of carboxylic acids is 1. The summed E-state index contributed by atoms with van der Waals surface area (Å²) < 4.78 is 31.4. The van der Waals surface area contributed by atoms with Crippen LogP contribution in [0.25, 0.3) is 0 Å². The lowest BCUT2D eigenvalue weighted by molar-refractivity contribution is 0.0693. The fourth-order valence-electron chi connectivity index (χ4n) is 1.40. The highest BCUT2D eigenvalue weighted by Crippen LogP contribution is 2.27. The number of aromatic carboxylic acids is 1. The molecular weight excluding hydrogens is 242 g/mol. The van der Waals surface area contributed by atoms with E-state index in [0.29, 0.717) is 0 Å². The van der Waals surface area contributed by atoms with Crippen molar-refractivity contribution in [2.75, 3.05) is 0 Å². The summed E-state index contributed by atoms with van der Waals surface area (Å²) in [7, 11) is 0. The molecule has 0 bridgehead atoms. The Morgan fingerprint density at radius 1 is 1.06 bits per heavy atom. The Kier molecular flexibility index (Phi) is 3.23. The van der Waals surface area contributed by atoms with E-state index in [1.165, 1.54) is 18.2 Å². The zero-order valence-corrected chi connectivity index (χ0v) is 9.06. The summed E-state index contributed by atoms with van der Waals surface area (Å²) in [4.78, 5) is 10.9. The van der Waals surface area contributed by atoms with Crippen LogP contribution < -0.4 is 4.74 Å². The van der Waals surface area contributed by atoms with Gasteiger partial charge in [-0.25, -0.2) is 13.6 Å². The van der Waals surface area contributed by atoms with E-state index in [2.05, 4.69) is 0 Å². The molecule has 0 fully saturated rings. The number of benzene rings is 2. The van der Waals surface area contributed by atoms with Gasteiger partial charge in [-0.05, 0) is 30.3 Å². The van der Waals surface area contributed by atoms with Gasteiger partial charge >= 0.3 is 5.97 Å². The van der Waals surface area contributed by atoms with Crippen LogP contribution in [0.1, 0.15) is 10.4 Å². The van der Waals surface area contributed by atoms with Crippen LogP contribution in [0.3, 0.4) is 0 Å². The first-order valence-corrected chi connectivity index (χ1v) is 5.03. The predicted molar refractivity (Wildman–Crippen MR) is 59.8 cm³/mol. The maximum absolute atomic E-state index is 13.3. The molecule has 1 N–H and O–H groups in total. The molecule has 0 aliphatic carbocycles. The van der Waals surface area contributed by atoms with Gasteiger partial charge < -0.3 is 9.84 Å². The second-order valence-corrected chi connectivity index (χ2v) is 3.48. The molecule has 18 heavy (non-hydrogen) atoms. The van der Waals surface area contributed by atoms with Gasteiger partial charge in [0.1, 0.15) is 17.1 Å². The number of carbonyl (C=O) groups is 1. The van der Waals surface area contributed by atoms with Crippen LogP contribution in [-0.4, -0.2) is 11.1 Å². The van der Waals surface area contributed by atoms with Crippen molar-refractivity contribution in [3.63, 3.8) is 0 Å². The van der Waals surface area contributed by atoms with Crippen LogP contribution in [-0.2, 0) is 0 Å². The van der Waals surface area contributed by atoms with E-state index < -0.39 is 17.6 Å². The van der Waals surface area contributed by atoms with Gasteiger partial charge in [0.2, 0.25) is 0 Å². The van der Waals surface area contributed by atoms with E-state index in [1.807, 2.05) is 0 Å². The van der Waals surface area contributed by atoms with Crippen LogP contribution in [0.5, 0.6) is 11.5 Å². The highest BCUT2D eigenvalue weighted by molar-refractivity contribution is 5.91. The van der Waals surface area contributed by atoms with Crippen molar-refractivity contribution in [3.8, 4) is 11.5 Å². The van der Waals surface area contributed by atoms with Crippen molar-refractivity contribution in [2.24, 2.45) is 0 Å². The molecule has 0 saturated carbocycles. The molecule has 0 amide bonds. The predicted octanol–water partition coefficient (Wildman–Crippen LogP) is 3.46. The molecule has 0 radical (unpaired) electrons. The molecular formula is C13H8F2O3. The highest BCUT2D eigenvalue weighted by atomic mass is 19.1. The van der Waals surface area contributed by atoms with Gasteiger partial charge in [-0.3, -0.25) is 0 Å². The van der Waals surface area contributed by atoms with E-state index in [9.17, 15) is 13.6 Å². The van der Waals surface area contributed by atoms with E-state index in [4.69, 9.17) is 9.84 Å². The van der Waals surface area contributed by atoms with Crippen LogP contribution in [0.2, 0.25) is 0 Å². The molecule has 0 aliphatic rings. The summed E-state index contributed by atoms with van der Waals surface area (Å²) in [6, 6.07) is 8.56. The smallest absolute Gasteiger partial charge is 0.339 e. The average molecular weight is 250 g/mol. The first-order valence-electron chi connectivity index (χ1n) is 5.03. The number of hydrogen-bond donors (Lipinski definition) is 1. The fourth-order valence-corrected chi connectivity index (χ4v) is 1.40. The zero-order valence-electron chi connectivity index (χ0n) is 9.06. The summed E-state index contributed by atoms with van der Waals surface area (Å²) in [5.74, 6) is -2.91. The third-order valence-electron chi connectivity index (χ3n) is 2.23. The Balaban J connectivity index is 2.41. The van der Waals surface area contributed by atoms with E-state index >= 15 is 0 Å². The molecule has 2 aromatic carbocycles. The lowest BCUT2D eigenvalue weighted by Crippen LogP contribution is -2.01. The van der Waals surface area contributed by atoms with Gasteiger partial charge in [0.15, 0.2) is 11.6 Å². The Hall–Kier alpha value is -2.43. The molecule has 0 spiro atoms. The molecule has 92 valence electrons. The molecule has 0 aliphatic heterocycles. The number of carboxylic acid groups (broad SMARTS) is 1. The van der Waals surface area contributed by atoms with Crippen LogP contribution in [0, 0.1) is 11.6 Å². The molecule has 2 rings (SSSR count). The summed E-state index contributed by atoms with van der Waals surface area (Å²) >= 11 is 0. The summed E-state index contributed by atoms with van der Waals surface area (Å²) in [6.45, 7) is 0. The maximum atomic E-state index is 13.3. The van der Waals surface area contributed by atoms with E-state index in [0.717, 1.165) is 18.2 Å². The second-order valence-electron chi connectivity index (χ2n) is 3.48. The van der Waals surface area contributed by atoms with Gasteiger partial charge in [0.25, 0.3) is 0 Å². The molecule has 0 aromatic heterocycles. The second kappa shape index (κ2) is 4.83. The maximum Gasteiger partial charge on any atom is 0.339 e. The molecule has 0 saturated heterocycles.